The Hall–Kier alpha value is -1.31. The lowest BCUT2D eigenvalue weighted by molar-refractivity contribution is 0.726. The number of hydrogen-bond acceptors (Lipinski definition) is 1. The summed E-state index contributed by atoms with van der Waals surface area (Å²) in [7, 11) is 0. The molecule has 0 spiro atoms. The van der Waals surface area contributed by atoms with Crippen LogP contribution in [0.5, 0.6) is 0 Å². The Labute approximate surface area is 78.5 Å². The van der Waals surface area contributed by atoms with Crippen LogP contribution >= 0.6 is 0 Å². The van der Waals surface area contributed by atoms with Crippen molar-refractivity contribution in [2.45, 2.75) is 26.8 Å². The van der Waals surface area contributed by atoms with E-state index in [1.807, 2.05) is 26.1 Å². The molecule has 0 unspecified atom stereocenters. The smallest absolute Gasteiger partial charge is 0.251 e. The number of allylic oxidation sites excluding steroid dienone is 1. The van der Waals surface area contributed by atoms with E-state index in [1.54, 1.807) is 10.6 Å². The van der Waals surface area contributed by atoms with Crippen molar-refractivity contribution < 1.29 is 0 Å². The monoisotopic (exact) mass is 177 g/mol. The fourth-order valence-electron chi connectivity index (χ4n) is 1.09. The minimum absolute atomic E-state index is 0.0506. The van der Waals surface area contributed by atoms with Crippen molar-refractivity contribution in [2.75, 3.05) is 0 Å². The highest BCUT2D eigenvalue weighted by atomic mass is 16.1. The lowest BCUT2D eigenvalue weighted by Crippen LogP contribution is -2.19. The molecule has 13 heavy (non-hydrogen) atoms. The van der Waals surface area contributed by atoms with Gasteiger partial charge >= 0.3 is 0 Å². The van der Waals surface area contributed by atoms with E-state index in [0.29, 0.717) is 6.54 Å². The molecule has 0 saturated heterocycles. The average molecular weight is 177 g/mol. The Morgan fingerprint density at radius 1 is 1.62 bits per heavy atom. The predicted octanol–water partition coefficient (Wildman–Crippen LogP) is 2.12. The van der Waals surface area contributed by atoms with Crippen LogP contribution in [0.15, 0.2) is 35.3 Å². The number of aryl methyl sites for hydroxylation is 1. The van der Waals surface area contributed by atoms with E-state index in [-0.39, 0.29) is 5.56 Å². The highest BCUT2D eigenvalue weighted by molar-refractivity contribution is 5.09. The zero-order valence-corrected chi connectivity index (χ0v) is 8.21. The van der Waals surface area contributed by atoms with Gasteiger partial charge in [-0.25, -0.2) is 0 Å². The lowest BCUT2D eigenvalue weighted by atomic mass is 10.2. The fraction of sp³-hybridized carbons (Fsp3) is 0.364. The van der Waals surface area contributed by atoms with Gasteiger partial charge in [0.25, 0.3) is 5.56 Å². The Morgan fingerprint density at radius 3 is 2.85 bits per heavy atom. The van der Waals surface area contributed by atoms with Crippen LogP contribution < -0.4 is 5.56 Å². The number of rotatable bonds is 3. The van der Waals surface area contributed by atoms with E-state index in [1.165, 1.54) is 0 Å². The van der Waals surface area contributed by atoms with Crippen LogP contribution in [0.25, 0.3) is 0 Å². The Morgan fingerprint density at radius 2 is 2.31 bits per heavy atom. The van der Waals surface area contributed by atoms with Crippen LogP contribution in [0.1, 0.15) is 18.9 Å². The quantitative estimate of drug-likeness (QED) is 0.648. The SMILES string of the molecule is C=C(CC)Cn1ccc(C)cc1=O. The zero-order valence-electron chi connectivity index (χ0n) is 8.21. The van der Waals surface area contributed by atoms with Crippen LogP contribution in [-0.2, 0) is 6.54 Å². The molecule has 1 aromatic heterocycles. The topological polar surface area (TPSA) is 22.0 Å². The second-order valence-corrected chi connectivity index (χ2v) is 3.27. The molecule has 0 aromatic carbocycles. The molecule has 0 aliphatic rings. The first-order chi connectivity index (χ1) is 6.13. The van der Waals surface area contributed by atoms with Gasteiger partial charge < -0.3 is 4.57 Å². The van der Waals surface area contributed by atoms with Crippen molar-refractivity contribution >= 4 is 0 Å². The zero-order chi connectivity index (χ0) is 9.84. The minimum Gasteiger partial charge on any atom is -0.311 e. The molecule has 0 atom stereocenters. The fourth-order valence-corrected chi connectivity index (χ4v) is 1.09. The first kappa shape index (κ1) is 9.78. The molecule has 0 radical (unpaired) electrons. The van der Waals surface area contributed by atoms with Crippen LogP contribution in [0.3, 0.4) is 0 Å². The number of hydrogen-bond donors (Lipinski definition) is 0. The molecular weight excluding hydrogens is 162 g/mol. The molecule has 1 aromatic rings. The summed E-state index contributed by atoms with van der Waals surface area (Å²) >= 11 is 0. The first-order valence-electron chi connectivity index (χ1n) is 4.47. The first-order valence-corrected chi connectivity index (χ1v) is 4.47. The number of nitrogens with zero attached hydrogens (tertiary/aromatic N) is 1. The van der Waals surface area contributed by atoms with Gasteiger partial charge in [-0.3, -0.25) is 4.79 Å². The highest BCUT2D eigenvalue weighted by Gasteiger charge is 1.96. The van der Waals surface area contributed by atoms with E-state index in [4.69, 9.17) is 0 Å². The van der Waals surface area contributed by atoms with Gasteiger partial charge in [0.2, 0.25) is 0 Å². The largest absolute Gasteiger partial charge is 0.311 e. The van der Waals surface area contributed by atoms with E-state index in [2.05, 4.69) is 6.58 Å². The Kier molecular flexibility index (Phi) is 3.07. The standard InChI is InChI=1S/C11H15NO/c1-4-9(2)8-12-6-5-10(3)7-11(12)13/h5-7H,2,4,8H2,1,3H3. The minimum atomic E-state index is 0.0506. The summed E-state index contributed by atoms with van der Waals surface area (Å²) in [5, 5.41) is 0. The average Bonchev–Trinajstić information content (AvgIpc) is 2.09. The lowest BCUT2D eigenvalue weighted by Gasteiger charge is -2.06. The highest BCUT2D eigenvalue weighted by Crippen LogP contribution is 2.00. The molecule has 2 heteroatoms. The van der Waals surface area contributed by atoms with Crippen LogP contribution in [0, 0.1) is 6.92 Å². The van der Waals surface area contributed by atoms with E-state index >= 15 is 0 Å². The van der Waals surface area contributed by atoms with Gasteiger partial charge in [0.05, 0.1) is 0 Å². The normalized spacial score (nSPS) is 10.0. The third kappa shape index (κ3) is 2.58. The summed E-state index contributed by atoms with van der Waals surface area (Å²) in [5.41, 5.74) is 2.13. The van der Waals surface area contributed by atoms with Gasteiger partial charge in [0, 0.05) is 18.8 Å². The van der Waals surface area contributed by atoms with Crippen LogP contribution in [0.4, 0.5) is 0 Å². The molecule has 70 valence electrons. The molecule has 0 N–H and O–H groups in total. The Balaban J connectivity index is 2.90. The summed E-state index contributed by atoms with van der Waals surface area (Å²) < 4.78 is 1.68. The third-order valence-electron chi connectivity index (χ3n) is 2.05. The second-order valence-electron chi connectivity index (χ2n) is 3.27. The van der Waals surface area contributed by atoms with E-state index in [0.717, 1.165) is 17.6 Å². The summed E-state index contributed by atoms with van der Waals surface area (Å²) in [4.78, 5) is 11.4. The van der Waals surface area contributed by atoms with Gasteiger partial charge in [0.15, 0.2) is 0 Å². The maximum absolute atomic E-state index is 11.4. The second kappa shape index (κ2) is 4.08. The van der Waals surface area contributed by atoms with Crippen LogP contribution in [0.2, 0.25) is 0 Å². The van der Waals surface area contributed by atoms with Gasteiger partial charge in [-0.05, 0) is 25.0 Å². The molecular formula is C11H15NO. The Bertz CT molecular complexity index is 363. The van der Waals surface area contributed by atoms with Crippen molar-refractivity contribution in [2.24, 2.45) is 0 Å². The number of aromatic nitrogens is 1. The molecule has 0 saturated carbocycles. The number of pyridine rings is 1. The van der Waals surface area contributed by atoms with E-state index < -0.39 is 0 Å². The summed E-state index contributed by atoms with van der Waals surface area (Å²) in [6, 6.07) is 3.58. The summed E-state index contributed by atoms with van der Waals surface area (Å²) in [6.07, 6.45) is 2.73. The third-order valence-corrected chi connectivity index (χ3v) is 2.05. The van der Waals surface area contributed by atoms with Crippen molar-refractivity contribution in [3.8, 4) is 0 Å². The van der Waals surface area contributed by atoms with Gasteiger partial charge in [0.1, 0.15) is 0 Å². The molecule has 0 aliphatic carbocycles. The molecule has 0 fully saturated rings. The van der Waals surface area contributed by atoms with E-state index in [9.17, 15) is 4.79 Å². The van der Waals surface area contributed by atoms with Crippen LogP contribution in [-0.4, -0.2) is 4.57 Å². The molecule has 0 bridgehead atoms. The molecule has 0 amide bonds. The van der Waals surface area contributed by atoms with Crippen molar-refractivity contribution in [3.63, 3.8) is 0 Å². The van der Waals surface area contributed by atoms with Crippen molar-refractivity contribution in [1.29, 1.82) is 0 Å². The maximum atomic E-state index is 11.4. The maximum Gasteiger partial charge on any atom is 0.251 e. The van der Waals surface area contributed by atoms with Gasteiger partial charge in [-0.15, -0.1) is 0 Å². The molecule has 1 heterocycles. The van der Waals surface area contributed by atoms with Gasteiger partial charge in [-0.2, -0.15) is 0 Å². The van der Waals surface area contributed by atoms with Crippen molar-refractivity contribution in [3.05, 3.63) is 46.4 Å². The van der Waals surface area contributed by atoms with Crippen molar-refractivity contribution in [1.82, 2.24) is 4.57 Å². The summed E-state index contributed by atoms with van der Waals surface area (Å²) in [5.74, 6) is 0. The molecule has 1 rings (SSSR count). The molecule has 2 nitrogen and oxygen atoms in total. The summed E-state index contributed by atoms with van der Waals surface area (Å²) in [6.45, 7) is 8.47. The van der Waals surface area contributed by atoms with Gasteiger partial charge in [-0.1, -0.05) is 19.1 Å². The predicted molar refractivity (Wildman–Crippen MR) is 54.9 cm³/mol. The molecule has 0 aliphatic heterocycles.